The highest BCUT2D eigenvalue weighted by molar-refractivity contribution is 5.50. The lowest BCUT2D eigenvalue weighted by Crippen LogP contribution is -2.14. The molecule has 0 spiro atoms. The van der Waals surface area contributed by atoms with Gasteiger partial charge in [-0.3, -0.25) is 0 Å². The lowest BCUT2D eigenvalue weighted by Gasteiger charge is -2.25. The van der Waals surface area contributed by atoms with E-state index in [-0.39, 0.29) is 10.8 Å². The second-order valence-electron chi connectivity index (χ2n) is 10.8. The van der Waals surface area contributed by atoms with Gasteiger partial charge in [0.25, 0.3) is 0 Å². The SMILES string of the molecule is CCCc1cc(CCc2cc(CCC)cc(C(C)(C)C)c2O)c(O)c(C(C)(C)C)c1. The fraction of sp³-hybridized carbons (Fsp3) is 0.571. The minimum Gasteiger partial charge on any atom is -0.507 e. The average Bonchev–Trinajstić information content (AvgIpc) is 2.62. The minimum atomic E-state index is -0.106. The smallest absolute Gasteiger partial charge is 0.122 e. The number of phenols is 2. The van der Waals surface area contributed by atoms with Gasteiger partial charge < -0.3 is 10.2 Å². The first-order chi connectivity index (χ1) is 13.9. The molecule has 2 aromatic carbocycles. The largest absolute Gasteiger partial charge is 0.507 e. The van der Waals surface area contributed by atoms with Crippen LogP contribution in [-0.4, -0.2) is 10.2 Å². The number of hydrogen-bond donors (Lipinski definition) is 2. The molecule has 166 valence electrons. The Balaban J connectivity index is 2.45. The third kappa shape index (κ3) is 5.80. The molecule has 2 heteroatoms. The number of phenolic OH excluding ortho intramolecular Hbond substituents is 2. The first kappa shape index (κ1) is 24.3. The standard InChI is InChI=1S/C28H42O2/c1-9-11-19-15-21(25(29)23(17-19)27(3,4)5)13-14-22-16-20(12-10-2)18-24(26(22)30)28(6,7)8/h15-18,29-30H,9-14H2,1-8H3. The molecule has 0 heterocycles. The molecule has 0 amide bonds. The third-order valence-corrected chi connectivity index (χ3v) is 5.85. The van der Waals surface area contributed by atoms with E-state index < -0.39 is 0 Å². The first-order valence-electron chi connectivity index (χ1n) is 11.6. The van der Waals surface area contributed by atoms with E-state index in [9.17, 15) is 10.2 Å². The van der Waals surface area contributed by atoms with Crippen molar-refractivity contribution in [3.63, 3.8) is 0 Å². The summed E-state index contributed by atoms with van der Waals surface area (Å²) in [6.07, 6.45) is 5.65. The highest BCUT2D eigenvalue weighted by atomic mass is 16.3. The van der Waals surface area contributed by atoms with Gasteiger partial charge in [-0.1, -0.05) is 92.5 Å². The fourth-order valence-electron chi connectivity index (χ4n) is 4.18. The zero-order valence-electron chi connectivity index (χ0n) is 20.4. The molecule has 2 aromatic rings. The van der Waals surface area contributed by atoms with E-state index in [1.807, 2.05) is 0 Å². The van der Waals surface area contributed by atoms with Gasteiger partial charge in [0.2, 0.25) is 0 Å². The molecule has 2 nitrogen and oxygen atoms in total. The molecule has 0 bridgehead atoms. The van der Waals surface area contributed by atoms with E-state index in [2.05, 4.69) is 79.7 Å². The Morgan fingerprint density at radius 1 is 0.567 bits per heavy atom. The molecule has 2 N–H and O–H groups in total. The molecule has 30 heavy (non-hydrogen) atoms. The predicted octanol–water partition coefficient (Wildman–Crippen LogP) is 7.38. The second-order valence-corrected chi connectivity index (χ2v) is 10.8. The van der Waals surface area contributed by atoms with Crippen molar-refractivity contribution in [2.45, 2.75) is 105 Å². The summed E-state index contributed by atoms with van der Waals surface area (Å²) in [5.74, 6) is 0.838. The topological polar surface area (TPSA) is 40.5 Å². The number of rotatable bonds is 7. The summed E-state index contributed by atoms with van der Waals surface area (Å²) in [6, 6.07) is 8.65. The molecule has 0 aliphatic rings. The van der Waals surface area contributed by atoms with Crippen molar-refractivity contribution in [1.82, 2.24) is 0 Å². The van der Waals surface area contributed by atoms with Gasteiger partial charge in [-0.25, -0.2) is 0 Å². The van der Waals surface area contributed by atoms with E-state index in [0.717, 1.165) is 60.8 Å². The van der Waals surface area contributed by atoms with Gasteiger partial charge in [0, 0.05) is 0 Å². The molecule has 0 saturated heterocycles. The molecule has 0 aliphatic carbocycles. The molecule has 0 unspecified atom stereocenters. The van der Waals surface area contributed by atoms with E-state index >= 15 is 0 Å². The van der Waals surface area contributed by atoms with Gasteiger partial charge in [0.1, 0.15) is 11.5 Å². The van der Waals surface area contributed by atoms with Crippen LogP contribution in [0.5, 0.6) is 11.5 Å². The maximum atomic E-state index is 11.0. The monoisotopic (exact) mass is 410 g/mol. The maximum absolute atomic E-state index is 11.0. The van der Waals surface area contributed by atoms with E-state index in [1.165, 1.54) is 11.1 Å². The number of benzene rings is 2. The van der Waals surface area contributed by atoms with Gasteiger partial charge >= 0.3 is 0 Å². The second kappa shape index (κ2) is 9.45. The van der Waals surface area contributed by atoms with Crippen molar-refractivity contribution in [2.75, 3.05) is 0 Å². The molecule has 0 saturated carbocycles. The van der Waals surface area contributed by atoms with Crippen LogP contribution in [0.3, 0.4) is 0 Å². The highest BCUT2D eigenvalue weighted by Crippen LogP contribution is 2.38. The highest BCUT2D eigenvalue weighted by Gasteiger charge is 2.23. The quantitative estimate of drug-likeness (QED) is 0.500. The Morgan fingerprint density at radius 3 is 1.17 bits per heavy atom. The van der Waals surface area contributed by atoms with Crippen LogP contribution in [0.2, 0.25) is 0 Å². The molecule has 0 aromatic heterocycles. The lowest BCUT2D eigenvalue weighted by molar-refractivity contribution is 0.434. The maximum Gasteiger partial charge on any atom is 0.122 e. The van der Waals surface area contributed by atoms with Gasteiger partial charge in [0.15, 0.2) is 0 Å². The summed E-state index contributed by atoms with van der Waals surface area (Å²) in [7, 11) is 0. The van der Waals surface area contributed by atoms with E-state index in [1.54, 1.807) is 0 Å². The van der Waals surface area contributed by atoms with Crippen LogP contribution in [0, 0.1) is 0 Å². The Labute approximate surface area is 184 Å². The number of aryl methyl sites for hydroxylation is 4. The van der Waals surface area contributed by atoms with E-state index in [4.69, 9.17) is 0 Å². The van der Waals surface area contributed by atoms with Crippen molar-refractivity contribution < 1.29 is 10.2 Å². The van der Waals surface area contributed by atoms with Gasteiger partial charge in [0.05, 0.1) is 0 Å². The molecule has 2 rings (SSSR count). The zero-order chi connectivity index (χ0) is 22.7. The van der Waals surface area contributed by atoms with Crippen molar-refractivity contribution in [1.29, 1.82) is 0 Å². The summed E-state index contributed by atoms with van der Waals surface area (Å²) in [5, 5.41) is 22.0. The van der Waals surface area contributed by atoms with Crippen molar-refractivity contribution in [2.24, 2.45) is 0 Å². The fourth-order valence-corrected chi connectivity index (χ4v) is 4.18. The first-order valence-corrected chi connectivity index (χ1v) is 11.6. The summed E-state index contributed by atoms with van der Waals surface area (Å²) in [5.41, 5.74) is 6.37. The lowest BCUT2D eigenvalue weighted by atomic mass is 9.81. The third-order valence-electron chi connectivity index (χ3n) is 5.85. The van der Waals surface area contributed by atoms with E-state index in [0.29, 0.717) is 11.5 Å². The summed E-state index contributed by atoms with van der Waals surface area (Å²) in [4.78, 5) is 0. The van der Waals surface area contributed by atoms with Gasteiger partial charge in [-0.05, 0) is 69.9 Å². The van der Waals surface area contributed by atoms with Crippen LogP contribution in [-0.2, 0) is 36.5 Å². The number of aromatic hydroxyl groups is 2. The molecule has 0 fully saturated rings. The summed E-state index contributed by atoms with van der Waals surface area (Å²) in [6.45, 7) is 17.3. The predicted molar refractivity (Wildman–Crippen MR) is 129 cm³/mol. The van der Waals surface area contributed by atoms with Crippen LogP contribution >= 0.6 is 0 Å². The van der Waals surface area contributed by atoms with Gasteiger partial charge in [-0.15, -0.1) is 0 Å². The van der Waals surface area contributed by atoms with Crippen LogP contribution in [0.25, 0.3) is 0 Å². The Morgan fingerprint density at radius 2 is 0.900 bits per heavy atom. The Hall–Kier alpha value is -1.96. The minimum absolute atomic E-state index is 0.106. The molecule has 0 atom stereocenters. The molecular formula is C28H42O2. The van der Waals surface area contributed by atoms with Crippen LogP contribution in [0.15, 0.2) is 24.3 Å². The molecular weight excluding hydrogens is 368 g/mol. The Kier molecular flexibility index (Phi) is 7.66. The summed E-state index contributed by atoms with van der Waals surface area (Å²) >= 11 is 0. The van der Waals surface area contributed by atoms with Crippen molar-refractivity contribution >= 4 is 0 Å². The van der Waals surface area contributed by atoms with Gasteiger partial charge in [-0.2, -0.15) is 0 Å². The summed E-state index contributed by atoms with van der Waals surface area (Å²) < 4.78 is 0. The molecule has 0 aliphatic heterocycles. The molecule has 0 radical (unpaired) electrons. The van der Waals surface area contributed by atoms with Crippen LogP contribution in [0.1, 0.15) is 102 Å². The average molecular weight is 411 g/mol. The van der Waals surface area contributed by atoms with Crippen LogP contribution < -0.4 is 0 Å². The zero-order valence-corrected chi connectivity index (χ0v) is 20.4. The number of hydrogen-bond acceptors (Lipinski definition) is 2. The van der Waals surface area contributed by atoms with Crippen molar-refractivity contribution in [3.05, 3.63) is 57.6 Å². The van der Waals surface area contributed by atoms with Crippen LogP contribution in [0.4, 0.5) is 0 Å². The Bertz CT molecular complexity index is 790. The van der Waals surface area contributed by atoms with Crippen molar-refractivity contribution in [3.8, 4) is 11.5 Å². The normalized spacial score (nSPS) is 12.4.